The highest BCUT2D eigenvalue weighted by Crippen LogP contribution is 2.18. The number of rotatable bonds is 7. The van der Waals surface area contributed by atoms with Crippen molar-refractivity contribution in [1.29, 1.82) is 0 Å². The van der Waals surface area contributed by atoms with Crippen LogP contribution in [0.5, 0.6) is 0 Å². The molecule has 0 saturated carbocycles. The van der Waals surface area contributed by atoms with Gasteiger partial charge in [-0.05, 0) is 17.7 Å². The average Bonchev–Trinajstić information content (AvgIpc) is 3.29. The summed E-state index contributed by atoms with van der Waals surface area (Å²) in [7, 11) is 0. The van der Waals surface area contributed by atoms with E-state index < -0.39 is 17.2 Å². The first-order valence-corrected chi connectivity index (χ1v) is 10.3. The van der Waals surface area contributed by atoms with Gasteiger partial charge in [0.2, 0.25) is 5.82 Å². The van der Waals surface area contributed by atoms with E-state index in [0.717, 1.165) is 15.9 Å². The van der Waals surface area contributed by atoms with E-state index in [2.05, 4.69) is 20.4 Å². The Kier molecular flexibility index (Phi) is 6.11. The second-order valence-electron chi connectivity index (χ2n) is 7.21. The van der Waals surface area contributed by atoms with Gasteiger partial charge in [0.15, 0.2) is 5.69 Å². The highest BCUT2D eigenvalue weighted by Gasteiger charge is 2.24. The van der Waals surface area contributed by atoms with Crippen LogP contribution in [0, 0.1) is 0 Å². The summed E-state index contributed by atoms with van der Waals surface area (Å²) >= 11 is 0. The summed E-state index contributed by atoms with van der Waals surface area (Å²) in [6, 6.07) is 18.4. The average molecular weight is 446 g/mol. The first-order chi connectivity index (χ1) is 16.0. The number of carbonyl (C=O) groups is 1. The van der Waals surface area contributed by atoms with Crippen molar-refractivity contribution in [2.24, 2.45) is 0 Å². The molecule has 1 amide bonds. The molecule has 0 bridgehead atoms. The fourth-order valence-corrected chi connectivity index (χ4v) is 3.44. The monoisotopic (exact) mass is 446 g/mol. The quantitative estimate of drug-likeness (QED) is 0.428. The van der Waals surface area contributed by atoms with Crippen molar-refractivity contribution in [3.8, 4) is 11.4 Å². The number of amides is 1. The van der Waals surface area contributed by atoms with Crippen LogP contribution >= 0.6 is 0 Å². The van der Waals surface area contributed by atoms with E-state index in [0.29, 0.717) is 5.82 Å². The smallest absolute Gasteiger partial charge is 0.330 e. The Hall–Kier alpha value is -4.54. The zero-order chi connectivity index (χ0) is 23.4. The summed E-state index contributed by atoms with van der Waals surface area (Å²) in [6.45, 7) is 1.74. The molecule has 0 unspecified atom stereocenters. The van der Waals surface area contributed by atoms with Crippen molar-refractivity contribution in [2.75, 3.05) is 17.2 Å². The minimum atomic E-state index is -0.742. The third-order valence-corrected chi connectivity index (χ3v) is 5.05. The molecule has 4 aromatic rings. The van der Waals surface area contributed by atoms with Crippen LogP contribution in [0.25, 0.3) is 11.4 Å². The Morgan fingerprint density at radius 1 is 1.06 bits per heavy atom. The van der Waals surface area contributed by atoms with Crippen LogP contribution in [-0.4, -0.2) is 42.2 Å². The number of nitrogens with zero attached hydrogens (tertiary/aromatic N) is 6. The standard InChI is InChI=1S/C22H22N8O3/c1-2-28(17(31)14-30-26-20(25-27-30)16-11-7-4-8-12-16)18-19(23)29(22(33)24-21(18)32)13-15-9-5-3-6-10-15/h3-12H,2,13-14,23H2,1H3,(H,24,32,33). The molecule has 33 heavy (non-hydrogen) atoms. The molecule has 168 valence electrons. The summed E-state index contributed by atoms with van der Waals surface area (Å²) in [6.07, 6.45) is 0. The molecule has 0 aliphatic heterocycles. The Bertz CT molecular complexity index is 1380. The van der Waals surface area contributed by atoms with E-state index in [9.17, 15) is 14.4 Å². The van der Waals surface area contributed by atoms with Crippen LogP contribution in [0.1, 0.15) is 12.5 Å². The van der Waals surface area contributed by atoms with Crippen molar-refractivity contribution in [1.82, 2.24) is 29.8 Å². The maximum atomic E-state index is 13.1. The molecule has 0 radical (unpaired) electrons. The lowest BCUT2D eigenvalue weighted by Crippen LogP contribution is -2.42. The highest BCUT2D eigenvalue weighted by molar-refractivity contribution is 5.95. The molecule has 0 saturated heterocycles. The largest absolute Gasteiger partial charge is 0.383 e. The van der Waals surface area contributed by atoms with E-state index in [-0.39, 0.29) is 31.1 Å². The SMILES string of the molecule is CCN(C(=O)Cn1nnc(-c2ccccc2)n1)c1c(N)n(Cc2ccccc2)c(=O)[nH]c1=O. The van der Waals surface area contributed by atoms with Crippen LogP contribution in [0.2, 0.25) is 0 Å². The van der Waals surface area contributed by atoms with E-state index >= 15 is 0 Å². The summed E-state index contributed by atoms with van der Waals surface area (Å²) in [5.74, 6) is -0.198. The Morgan fingerprint density at radius 2 is 1.73 bits per heavy atom. The number of likely N-dealkylation sites (N-methyl/N-ethyl adjacent to an activating group) is 1. The van der Waals surface area contributed by atoms with E-state index in [1.54, 1.807) is 6.92 Å². The first kappa shape index (κ1) is 21.7. The predicted octanol–water partition coefficient (Wildman–Crippen LogP) is 0.874. The molecular formula is C22H22N8O3. The number of aromatic amines is 1. The van der Waals surface area contributed by atoms with E-state index in [1.807, 2.05) is 60.7 Å². The zero-order valence-corrected chi connectivity index (χ0v) is 17.9. The number of anilines is 2. The van der Waals surface area contributed by atoms with Gasteiger partial charge in [-0.2, -0.15) is 4.80 Å². The third-order valence-electron chi connectivity index (χ3n) is 5.05. The van der Waals surface area contributed by atoms with Crippen LogP contribution in [-0.2, 0) is 17.9 Å². The molecule has 4 rings (SSSR count). The number of nitrogens with two attached hydrogens (primary N) is 1. The van der Waals surface area contributed by atoms with Crippen molar-refractivity contribution in [2.45, 2.75) is 20.0 Å². The zero-order valence-electron chi connectivity index (χ0n) is 17.9. The number of carbonyl (C=O) groups excluding carboxylic acids is 1. The maximum absolute atomic E-state index is 13.1. The van der Waals surface area contributed by atoms with Crippen LogP contribution in [0.3, 0.4) is 0 Å². The van der Waals surface area contributed by atoms with Gasteiger partial charge in [-0.15, -0.1) is 10.2 Å². The van der Waals surface area contributed by atoms with Crippen molar-refractivity contribution in [3.63, 3.8) is 0 Å². The Balaban J connectivity index is 1.62. The van der Waals surface area contributed by atoms with E-state index in [1.165, 1.54) is 9.47 Å². The molecule has 0 atom stereocenters. The lowest BCUT2D eigenvalue weighted by Gasteiger charge is -2.22. The molecule has 2 aromatic heterocycles. The third kappa shape index (κ3) is 4.56. The van der Waals surface area contributed by atoms with Gasteiger partial charge in [-0.25, -0.2) is 4.79 Å². The van der Waals surface area contributed by atoms with Crippen LogP contribution < -0.4 is 21.9 Å². The molecule has 2 aromatic carbocycles. The number of tetrazole rings is 1. The fraction of sp³-hybridized carbons (Fsp3) is 0.182. The summed E-state index contributed by atoms with van der Waals surface area (Å²) in [4.78, 5) is 42.7. The first-order valence-electron chi connectivity index (χ1n) is 10.3. The Morgan fingerprint density at radius 3 is 2.39 bits per heavy atom. The topological polar surface area (TPSA) is 145 Å². The normalized spacial score (nSPS) is 10.8. The minimum absolute atomic E-state index is 0.0959. The van der Waals surface area contributed by atoms with Gasteiger partial charge in [-0.3, -0.25) is 19.1 Å². The second kappa shape index (κ2) is 9.30. The molecule has 11 heteroatoms. The van der Waals surface area contributed by atoms with Crippen molar-refractivity contribution < 1.29 is 4.79 Å². The molecular weight excluding hydrogens is 424 g/mol. The Labute approximate surface area is 188 Å². The predicted molar refractivity (Wildman–Crippen MR) is 123 cm³/mol. The number of H-pyrrole nitrogens is 1. The van der Waals surface area contributed by atoms with Crippen molar-refractivity contribution in [3.05, 3.63) is 87.1 Å². The number of nitrogen functional groups attached to an aromatic ring is 1. The van der Waals surface area contributed by atoms with Gasteiger partial charge in [-0.1, -0.05) is 60.7 Å². The van der Waals surface area contributed by atoms with Crippen LogP contribution in [0.4, 0.5) is 11.5 Å². The van der Waals surface area contributed by atoms with Gasteiger partial charge < -0.3 is 10.6 Å². The minimum Gasteiger partial charge on any atom is -0.383 e. The number of aromatic nitrogens is 6. The molecule has 0 aliphatic carbocycles. The van der Waals surface area contributed by atoms with Gasteiger partial charge >= 0.3 is 5.69 Å². The van der Waals surface area contributed by atoms with Gasteiger partial charge in [0.05, 0.1) is 6.54 Å². The molecule has 3 N–H and O–H groups in total. The molecule has 0 spiro atoms. The van der Waals surface area contributed by atoms with Gasteiger partial charge in [0.25, 0.3) is 11.5 Å². The van der Waals surface area contributed by atoms with Gasteiger partial charge in [0, 0.05) is 12.1 Å². The lowest BCUT2D eigenvalue weighted by atomic mass is 10.2. The lowest BCUT2D eigenvalue weighted by molar-refractivity contribution is -0.119. The maximum Gasteiger partial charge on any atom is 0.330 e. The number of nitrogens with one attached hydrogen (secondary N) is 1. The van der Waals surface area contributed by atoms with E-state index in [4.69, 9.17) is 5.73 Å². The molecule has 0 fully saturated rings. The molecule has 0 aliphatic rings. The summed E-state index contributed by atoms with van der Waals surface area (Å²) in [5.41, 5.74) is 6.31. The number of hydrogen-bond donors (Lipinski definition) is 2. The second-order valence-corrected chi connectivity index (χ2v) is 7.21. The molecule has 11 nitrogen and oxygen atoms in total. The van der Waals surface area contributed by atoms with Crippen molar-refractivity contribution >= 4 is 17.4 Å². The fourth-order valence-electron chi connectivity index (χ4n) is 3.44. The highest BCUT2D eigenvalue weighted by atomic mass is 16.2. The summed E-state index contributed by atoms with van der Waals surface area (Å²) in [5, 5.41) is 12.1. The number of hydrogen-bond acceptors (Lipinski definition) is 7. The number of benzene rings is 2. The molecule has 2 heterocycles. The van der Waals surface area contributed by atoms with Gasteiger partial charge in [0.1, 0.15) is 12.4 Å². The summed E-state index contributed by atoms with van der Waals surface area (Å²) < 4.78 is 1.23. The van der Waals surface area contributed by atoms with Crippen LogP contribution in [0.15, 0.2) is 70.3 Å².